The largest absolute Gasteiger partial charge is 0.383 e. The predicted octanol–water partition coefficient (Wildman–Crippen LogP) is 2.92. The highest BCUT2D eigenvalue weighted by Crippen LogP contribution is 2.40. The lowest BCUT2D eigenvalue weighted by molar-refractivity contribution is 0.181. The van der Waals surface area contributed by atoms with Gasteiger partial charge in [0.1, 0.15) is 20.9 Å². The first-order chi connectivity index (χ1) is 13.8. The number of pyridine rings is 1. The van der Waals surface area contributed by atoms with Gasteiger partial charge in [-0.1, -0.05) is 5.21 Å². The molecule has 7 nitrogen and oxygen atoms in total. The van der Waals surface area contributed by atoms with E-state index in [0.29, 0.717) is 17.9 Å². The van der Waals surface area contributed by atoms with E-state index in [2.05, 4.69) is 15.2 Å². The summed E-state index contributed by atoms with van der Waals surface area (Å²) in [5.41, 5.74) is 3.38. The zero-order valence-corrected chi connectivity index (χ0v) is 17.1. The Kier molecular flexibility index (Phi) is 4.76. The molecular weight excluding hydrogens is 374 g/mol. The van der Waals surface area contributed by atoms with E-state index >= 15 is 0 Å². The molecule has 0 unspecified atom stereocenters. The third-order valence-corrected chi connectivity index (χ3v) is 7.02. The van der Waals surface area contributed by atoms with Crippen LogP contribution in [0.15, 0.2) is 4.79 Å². The average molecular weight is 400 g/mol. The number of aromatic nitrogens is 4. The van der Waals surface area contributed by atoms with Crippen molar-refractivity contribution >= 4 is 37.6 Å². The Morgan fingerprint density at radius 3 is 2.64 bits per heavy atom. The first kappa shape index (κ1) is 18.0. The van der Waals surface area contributed by atoms with Gasteiger partial charge in [0.2, 0.25) is 0 Å². The highest BCUT2D eigenvalue weighted by molar-refractivity contribution is 7.25. The van der Waals surface area contributed by atoms with E-state index in [0.717, 1.165) is 47.5 Å². The molecule has 3 aromatic heterocycles. The average Bonchev–Trinajstić information content (AvgIpc) is 3.13. The highest BCUT2D eigenvalue weighted by Gasteiger charge is 2.26. The van der Waals surface area contributed by atoms with Crippen molar-refractivity contribution in [3.05, 3.63) is 21.5 Å². The molecule has 8 heteroatoms. The number of fused-ring (bicyclic) bond motifs is 5. The summed E-state index contributed by atoms with van der Waals surface area (Å²) in [5, 5.41) is 9.69. The smallest absolute Gasteiger partial charge is 0.287 e. The van der Waals surface area contributed by atoms with Crippen molar-refractivity contribution in [2.75, 3.05) is 31.7 Å². The molecule has 0 amide bonds. The van der Waals surface area contributed by atoms with Gasteiger partial charge in [-0.2, -0.15) is 0 Å². The molecule has 2 aliphatic rings. The summed E-state index contributed by atoms with van der Waals surface area (Å²) in [4.78, 5) is 21.4. The van der Waals surface area contributed by atoms with Gasteiger partial charge in [0.05, 0.1) is 13.2 Å². The number of methoxy groups -OCH3 is 1. The second kappa shape index (κ2) is 7.40. The molecule has 0 atom stereocenters. The fourth-order valence-corrected chi connectivity index (χ4v) is 5.62. The fourth-order valence-electron chi connectivity index (χ4n) is 4.54. The number of thiophene rings is 1. The van der Waals surface area contributed by atoms with Gasteiger partial charge >= 0.3 is 0 Å². The minimum Gasteiger partial charge on any atom is -0.383 e. The third kappa shape index (κ3) is 2.90. The van der Waals surface area contributed by atoms with Crippen LogP contribution in [0, 0.1) is 0 Å². The van der Waals surface area contributed by atoms with Crippen LogP contribution in [0.25, 0.3) is 20.4 Å². The van der Waals surface area contributed by atoms with Gasteiger partial charge in [-0.25, -0.2) is 9.67 Å². The molecule has 28 heavy (non-hydrogen) atoms. The Labute approximate surface area is 167 Å². The summed E-state index contributed by atoms with van der Waals surface area (Å²) in [6.07, 6.45) is 8.27. The molecular formula is C20H25N5O2S. The number of aryl methyl sites for hydroxylation is 1. The predicted molar refractivity (Wildman–Crippen MR) is 112 cm³/mol. The number of hydrogen-bond donors (Lipinski definition) is 0. The van der Waals surface area contributed by atoms with Crippen molar-refractivity contribution < 1.29 is 4.74 Å². The number of rotatable bonds is 4. The van der Waals surface area contributed by atoms with Crippen LogP contribution >= 0.6 is 11.3 Å². The topological polar surface area (TPSA) is 73.1 Å². The van der Waals surface area contributed by atoms with Crippen molar-refractivity contribution in [2.45, 2.75) is 51.5 Å². The molecule has 0 aromatic carbocycles. The molecule has 0 bridgehead atoms. The fraction of sp³-hybridized carbons (Fsp3) is 0.600. The quantitative estimate of drug-likeness (QED) is 0.672. The molecule has 1 saturated heterocycles. The van der Waals surface area contributed by atoms with Crippen LogP contribution in [0.3, 0.4) is 0 Å². The van der Waals surface area contributed by atoms with Crippen LogP contribution < -0.4 is 10.5 Å². The zero-order chi connectivity index (χ0) is 19.1. The maximum absolute atomic E-state index is 12.9. The van der Waals surface area contributed by atoms with Crippen molar-refractivity contribution in [3.8, 4) is 0 Å². The van der Waals surface area contributed by atoms with Gasteiger partial charge in [0, 0.05) is 25.6 Å². The number of hydrogen-bond acceptors (Lipinski definition) is 7. The van der Waals surface area contributed by atoms with Crippen LogP contribution in [0.1, 0.15) is 43.2 Å². The minimum atomic E-state index is -0.0888. The van der Waals surface area contributed by atoms with Crippen molar-refractivity contribution in [1.29, 1.82) is 0 Å². The van der Waals surface area contributed by atoms with Crippen LogP contribution in [0.4, 0.5) is 5.82 Å². The van der Waals surface area contributed by atoms with Gasteiger partial charge in [0.15, 0.2) is 0 Å². The summed E-state index contributed by atoms with van der Waals surface area (Å²) in [6.45, 7) is 3.02. The normalized spacial score (nSPS) is 17.4. The number of anilines is 1. The lowest BCUT2D eigenvalue weighted by atomic mass is 9.89. The Morgan fingerprint density at radius 2 is 1.86 bits per heavy atom. The monoisotopic (exact) mass is 399 g/mol. The molecule has 1 aliphatic heterocycles. The minimum absolute atomic E-state index is 0.0888. The lowest BCUT2D eigenvalue weighted by Crippen LogP contribution is -2.31. The SMILES string of the molecule is COCCn1nnc2c(sc3nc(N4CCCCC4)c4c(c32)CCCC4)c1=O. The zero-order valence-electron chi connectivity index (χ0n) is 16.2. The summed E-state index contributed by atoms with van der Waals surface area (Å²) < 4.78 is 7.15. The van der Waals surface area contributed by atoms with Gasteiger partial charge in [-0.15, -0.1) is 16.4 Å². The standard InChI is InChI=1S/C20H25N5O2S/c1-27-12-11-25-20(26)17-16(22-23-25)15-13-7-3-4-8-14(13)18(21-19(15)28-17)24-9-5-2-6-10-24/h2-12H2,1H3. The Bertz CT molecular complexity index is 1080. The molecule has 0 spiro atoms. The van der Waals surface area contributed by atoms with Gasteiger partial charge in [0.25, 0.3) is 5.56 Å². The van der Waals surface area contributed by atoms with Crippen LogP contribution in [0.2, 0.25) is 0 Å². The molecule has 148 valence electrons. The van der Waals surface area contributed by atoms with Crippen molar-refractivity contribution in [3.63, 3.8) is 0 Å². The molecule has 0 saturated carbocycles. The molecule has 1 aliphatic carbocycles. The van der Waals surface area contributed by atoms with Crippen LogP contribution in [-0.4, -0.2) is 46.8 Å². The van der Waals surface area contributed by atoms with Gasteiger partial charge < -0.3 is 9.64 Å². The van der Waals surface area contributed by atoms with Crippen molar-refractivity contribution in [1.82, 2.24) is 20.0 Å². The number of ether oxygens (including phenoxy) is 1. The first-order valence-corrected chi connectivity index (χ1v) is 11.0. The molecule has 3 aromatic rings. The Hall–Kier alpha value is -2.06. The maximum atomic E-state index is 12.9. The summed E-state index contributed by atoms with van der Waals surface area (Å²) in [5.74, 6) is 1.15. The number of piperidine rings is 1. The van der Waals surface area contributed by atoms with E-state index in [1.165, 1.54) is 59.2 Å². The summed E-state index contributed by atoms with van der Waals surface area (Å²) in [6, 6.07) is 0. The first-order valence-electron chi connectivity index (χ1n) is 10.2. The maximum Gasteiger partial charge on any atom is 0.287 e. The van der Waals surface area contributed by atoms with Crippen molar-refractivity contribution in [2.24, 2.45) is 0 Å². The van der Waals surface area contributed by atoms with Crippen LogP contribution in [0.5, 0.6) is 0 Å². The molecule has 0 radical (unpaired) electrons. The second-order valence-corrected chi connectivity index (χ2v) is 8.72. The van der Waals surface area contributed by atoms with E-state index in [1.54, 1.807) is 7.11 Å². The Morgan fingerprint density at radius 1 is 1.07 bits per heavy atom. The van der Waals surface area contributed by atoms with E-state index in [-0.39, 0.29) is 5.56 Å². The summed E-state index contributed by atoms with van der Waals surface area (Å²) in [7, 11) is 1.62. The molecule has 0 N–H and O–H groups in total. The van der Waals surface area contributed by atoms with Gasteiger partial charge in [-0.05, 0) is 56.1 Å². The third-order valence-electron chi connectivity index (χ3n) is 5.96. The molecule has 5 rings (SSSR count). The van der Waals surface area contributed by atoms with E-state index in [4.69, 9.17) is 9.72 Å². The Balaban J connectivity index is 1.73. The lowest BCUT2D eigenvalue weighted by Gasteiger charge is -2.31. The molecule has 4 heterocycles. The van der Waals surface area contributed by atoms with E-state index in [9.17, 15) is 4.79 Å². The van der Waals surface area contributed by atoms with Crippen LogP contribution in [-0.2, 0) is 24.1 Å². The van der Waals surface area contributed by atoms with E-state index in [1.807, 2.05) is 0 Å². The second-order valence-electron chi connectivity index (χ2n) is 7.72. The number of nitrogens with zero attached hydrogens (tertiary/aromatic N) is 5. The highest BCUT2D eigenvalue weighted by atomic mass is 32.1. The van der Waals surface area contributed by atoms with E-state index < -0.39 is 0 Å². The summed E-state index contributed by atoms with van der Waals surface area (Å²) >= 11 is 1.47. The van der Waals surface area contributed by atoms with Gasteiger partial charge in [-0.3, -0.25) is 4.79 Å². The molecule has 1 fully saturated rings.